The minimum atomic E-state index is -3.70. The van der Waals surface area contributed by atoms with Gasteiger partial charge in [-0.25, -0.2) is 0 Å². The smallest absolute Gasteiger partial charge is 0.297 e. The van der Waals surface area contributed by atoms with Crippen LogP contribution in [0.25, 0.3) is 0 Å². The number of hydrogen-bond acceptors (Lipinski definition) is 4. The van der Waals surface area contributed by atoms with Gasteiger partial charge in [0.25, 0.3) is 10.1 Å². The predicted molar refractivity (Wildman–Crippen MR) is 81.6 cm³/mol. The van der Waals surface area contributed by atoms with Crippen molar-refractivity contribution in [2.75, 3.05) is 7.05 Å². The van der Waals surface area contributed by atoms with Crippen LogP contribution < -0.4 is 0 Å². The zero-order valence-corrected chi connectivity index (χ0v) is 13.3. The van der Waals surface area contributed by atoms with Gasteiger partial charge in [0.05, 0.1) is 11.0 Å². The molecule has 3 atom stereocenters. The van der Waals surface area contributed by atoms with Crippen LogP contribution in [0.3, 0.4) is 0 Å². The fraction of sp³-hybridized carbons (Fsp3) is 0.500. The number of nitrogens with zero attached hydrogens (tertiary/aromatic N) is 1. The minimum Gasteiger partial charge on any atom is -0.297 e. The molecular formula is C16H21NO3S. The van der Waals surface area contributed by atoms with E-state index < -0.39 is 10.1 Å². The maximum Gasteiger partial charge on any atom is 0.297 e. The fourth-order valence-electron chi connectivity index (χ4n) is 3.37. The topological polar surface area (TPSA) is 46.6 Å². The average molecular weight is 307 g/mol. The van der Waals surface area contributed by atoms with Gasteiger partial charge in [0, 0.05) is 12.1 Å². The lowest BCUT2D eigenvalue weighted by Crippen LogP contribution is -2.40. The Morgan fingerprint density at radius 1 is 1.24 bits per heavy atom. The van der Waals surface area contributed by atoms with Crippen molar-refractivity contribution in [3.8, 4) is 0 Å². The second-order valence-electron chi connectivity index (χ2n) is 6.18. The van der Waals surface area contributed by atoms with Gasteiger partial charge >= 0.3 is 0 Å². The molecule has 2 aliphatic heterocycles. The highest BCUT2D eigenvalue weighted by atomic mass is 32.2. The Balaban J connectivity index is 1.80. The van der Waals surface area contributed by atoms with E-state index in [9.17, 15) is 8.42 Å². The molecule has 0 N–H and O–H groups in total. The van der Waals surface area contributed by atoms with Crippen LogP contribution in [0.2, 0.25) is 0 Å². The zero-order valence-electron chi connectivity index (χ0n) is 12.5. The third-order valence-corrected chi connectivity index (χ3v) is 5.96. The van der Waals surface area contributed by atoms with Crippen LogP contribution in [0.15, 0.2) is 41.3 Å². The first-order valence-corrected chi connectivity index (χ1v) is 8.66. The number of aryl methyl sites for hydroxylation is 1. The van der Waals surface area contributed by atoms with E-state index in [0.717, 1.165) is 24.8 Å². The van der Waals surface area contributed by atoms with Crippen LogP contribution in [0, 0.1) is 6.92 Å². The summed E-state index contributed by atoms with van der Waals surface area (Å²) >= 11 is 0. The standard InChI is InChI=1S/C16H21NO3S/c1-11-4-6-14(7-5-11)21(18,19)20-16-10-13-8-12(2)9-15(16)17(13)3/h4-7,13,15-16H,2,8-10H2,1,3H3/t13-,15-,16+/m0/s1. The van der Waals surface area contributed by atoms with Crippen molar-refractivity contribution in [3.05, 3.63) is 42.0 Å². The Kier molecular flexibility index (Phi) is 3.67. The Hall–Kier alpha value is -1.17. The summed E-state index contributed by atoms with van der Waals surface area (Å²) in [6, 6.07) is 7.27. The molecule has 1 aromatic carbocycles. The summed E-state index contributed by atoms with van der Waals surface area (Å²) in [5.74, 6) is 0. The summed E-state index contributed by atoms with van der Waals surface area (Å²) in [5.41, 5.74) is 2.23. The van der Waals surface area contributed by atoms with Crippen LogP contribution >= 0.6 is 0 Å². The second kappa shape index (κ2) is 5.23. The molecule has 4 nitrogen and oxygen atoms in total. The molecule has 2 aliphatic rings. The molecule has 2 heterocycles. The van der Waals surface area contributed by atoms with E-state index in [2.05, 4.69) is 11.5 Å². The van der Waals surface area contributed by atoms with Crippen molar-refractivity contribution < 1.29 is 12.6 Å². The lowest BCUT2D eigenvalue weighted by molar-refractivity contribution is 0.138. The number of piperidine rings is 1. The summed E-state index contributed by atoms with van der Waals surface area (Å²) in [6.07, 6.45) is 2.25. The molecule has 1 aromatic rings. The third-order valence-electron chi connectivity index (χ3n) is 4.61. The van der Waals surface area contributed by atoms with Gasteiger partial charge in [-0.1, -0.05) is 29.8 Å². The van der Waals surface area contributed by atoms with Crippen LogP contribution in [0.5, 0.6) is 0 Å². The van der Waals surface area contributed by atoms with Gasteiger partial charge < -0.3 is 0 Å². The Morgan fingerprint density at radius 3 is 2.57 bits per heavy atom. The SMILES string of the molecule is C=C1C[C@H]2C[C@@H](OS(=O)(=O)c3ccc(C)cc3)[C@H](C1)N2C. The number of likely N-dealkylation sites (N-methyl/N-ethyl adjacent to an activating group) is 1. The number of hydrogen-bond donors (Lipinski definition) is 0. The highest BCUT2D eigenvalue weighted by Gasteiger charge is 2.45. The van der Waals surface area contributed by atoms with Crippen molar-refractivity contribution in [1.82, 2.24) is 4.90 Å². The van der Waals surface area contributed by atoms with E-state index in [0.29, 0.717) is 6.04 Å². The molecule has 3 rings (SSSR count). The lowest BCUT2D eigenvalue weighted by Gasteiger charge is -2.33. The highest BCUT2D eigenvalue weighted by molar-refractivity contribution is 7.86. The van der Waals surface area contributed by atoms with Crippen LogP contribution in [-0.4, -0.2) is 38.6 Å². The summed E-state index contributed by atoms with van der Waals surface area (Å²) in [7, 11) is -1.65. The fourth-order valence-corrected chi connectivity index (χ4v) is 4.48. The van der Waals surface area contributed by atoms with Crippen LogP contribution in [0.4, 0.5) is 0 Å². The first-order chi connectivity index (χ1) is 9.87. The lowest BCUT2D eigenvalue weighted by atomic mass is 9.99. The molecular weight excluding hydrogens is 286 g/mol. The number of fused-ring (bicyclic) bond motifs is 2. The molecule has 0 radical (unpaired) electrons. The molecule has 0 spiro atoms. The second-order valence-corrected chi connectivity index (χ2v) is 7.75. The quantitative estimate of drug-likeness (QED) is 0.636. The van der Waals surface area contributed by atoms with E-state index >= 15 is 0 Å². The summed E-state index contributed by atoms with van der Waals surface area (Å²) in [5, 5.41) is 0. The Labute approximate surface area is 126 Å². The van der Waals surface area contributed by atoms with Crippen molar-refractivity contribution in [3.63, 3.8) is 0 Å². The van der Waals surface area contributed by atoms with Crippen molar-refractivity contribution >= 4 is 10.1 Å². The van der Waals surface area contributed by atoms with Gasteiger partial charge in [-0.2, -0.15) is 8.42 Å². The molecule has 114 valence electrons. The summed E-state index contributed by atoms with van der Waals surface area (Å²) in [4.78, 5) is 2.47. The molecule has 2 bridgehead atoms. The largest absolute Gasteiger partial charge is 0.297 e. The first-order valence-electron chi connectivity index (χ1n) is 7.25. The van der Waals surface area contributed by atoms with Crippen LogP contribution in [0.1, 0.15) is 24.8 Å². The molecule has 5 heteroatoms. The van der Waals surface area contributed by atoms with E-state index in [1.54, 1.807) is 24.3 Å². The molecule has 2 saturated heterocycles. The number of benzene rings is 1. The van der Waals surface area contributed by atoms with Gasteiger partial charge in [0.15, 0.2) is 0 Å². The van der Waals surface area contributed by atoms with E-state index in [1.165, 1.54) is 5.57 Å². The Bertz CT molecular complexity index is 651. The predicted octanol–water partition coefficient (Wildman–Crippen LogP) is 2.49. The van der Waals surface area contributed by atoms with Gasteiger partial charge in [0.1, 0.15) is 0 Å². The summed E-state index contributed by atoms with van der Waals surface area (Å²) in [6.45, 7) is 5.99. The van der Waals surface area contributed by atoms with Gasteiger partial charge in [-0.3, -0.25) is 9.08 Å². The molecule has 0 aliphatic carbocycles. The summed E-state index contributed by atoms with van der Waals surface area (Å²) < 4.78 is 30.4. The molecule has 21 heavy (non-hydrogen) atoms. The van der Waals surface area contributed by atoms with Crippen LogP contribution in [-0.2, 0) is 14.3 Å². The van der Waals surface area contributed by atoms with E-state index in [4.69, 9.17) is 4.18 Å². The molecule has 2 fully saturated rings. The van der Waals surface area contributed by atoms with E-state index in [-0.39, 0.29) is 17.0 Å². The average Bonchev–Trinajstić information content (AvgIpc) is 2.59. The maximum atomic E-state index is 12.4. The minimum absolute atomic E-state index is 0.122. The monoisotopic (exact) mass is 307 g/mol. The van der Waals surface area contributed by atoms with E-state index in [1.807, 2.05) is 14.0 Å². The normalized spacial score (nSPS) is 29.8. The highest BCUT2D eigenvalue weighted by Crippen LogP contribution is 2.39. The van der Waals surface area contributed by atoms with Gasteiger partial charge in [0.2, 0.25) is 0 Å². The Morgan fingerprint density at radius 2 is 1.90 bits per heavy atom. The number of rotatable bonds is 3. The van der Waals surface area contributed by atoms with Crippen molar-refractivity contribution in [1.29, 1.82) is 0 Å². The van der Waals surface area contributed by atoms with Gasteiger partial charge in [-0.15, -0.1) is 0 Å². The molecule has 0 unspecified atom stereocenters. The first kappa shape index (κ1) is 14.8. The van der Waals surface area contributed by atoms with Crippen molar-refractivity contribution in [2.45, 2.75) is 49.3 Å². The molecule has 0 aromatic heterocycles. The third kappa shape index (κ3) is 2.78. The molecule has 0 amide bonds. The van der Waals surface area contributed by atoms with Crippen molar-refractivity contribution in [2.24, 2.45) is 0 Å². The molecule has 0 saturated carbocycles. The maximum absolute atomic E-state index is 12.4. The van der Waals surface area contributed by atoms with Gasteiger partial charge in [-0.05, 0) is 45.4 Å². The zero-order chi connectivity index (χ0) is 15.2.